The number of ketones is 1. The van der Waals surface area contributed by atoms with Crippen molar-refractivity contribution in [2.75, 3.05) is 36.4 Å². The summed E-state index contributed by atoms with van der Waals surface area (Å²) < 4.78 is 0. The zero-order valence-electron chi connectivity index (χ0n) is 16.6. The van der Waals surface area contributed by atoms with E-state index in [9.17, 15) is 4.79 Å². The Labute approximate surface area is 212 Å². The van der Waals surface area contributed by atoms with Crippen LogP contribution in [0.1, 0.15) is 20.3 Å². The zero-order chi connectivity index (χ0) is 18.5. The van der Waals surface area contributed by atoms with Crippen LogP contribution in [0.2, 0.25) is 0 Å². The molecule has 1 atom stereocenters. The van der Waals surface area contributed by atoms with Gasteiger partial charge in [-0.25, -0.2) is 0 Å². The standard InChI is InChI=1S/C21H27N3OS.W.Y/c1-15(2)12-20(16(3)25)23-21-14-26-13-19(21)17-4-6-18(7-5-17)24-10-8-22-9-11-24;;/h4-7,13-15,20,23H,3,8-12H2,1-2H3;;/q-2;;/t20-;;/m0../s1. The van der Waals surface area contributed by atoms with Gasteiger partial charge in [-0.05, 0) is 43.1 Å². The van der Waals surface area contributed by atoms with E-state index in [-0.39, 0.29) is 65.6 Å². The van der Waals surface area contributed by atoms with Crippen LogP contribution in [0.3, 0.4) is 0 Å². The largest absolute Gasteiger partial charge is 0.659 e. The van der Waals surface area contributed by atoms with E-state index < -0.39 is 0 Å². The molecule has 1 radical (unpaired) electrons. The van der Waals surface area contributed by atoms with Crippen LogP contribution in [0.15, 0.2) is 35.0 Å². The summed E-state index contributed by atoms with van der Waals surface area (Å²) in [7, 11) is 0. The Balaban J connectivity index is 0.00000196. The molecule has 4 nitrogen and oxygen atoms in total. The number of piperazine rings is 1. The van der Waals surface area contributed by atoms with Crippen LogP contribution in [-0.4, -0.2) is 38.0 Å². The first-order valence-corrected chi connectivity index (χ1v) is 10.2. The average molecular weight is 642 g/mol. The Bertz CT molecular complexity index is 730. The summed E-state index contributed by atoms with van der Waals surface area (Å²) in [5, 5.41) is 12.0. The summed E-state index contributed by atoms with van der Waals surface area (Å²) in [6.07, 6.45) is 0.788. The summed E-state index contributed by atoms with van der Waals surface area (Å²) in [5.41, 5.74) is 4.57. The minimum absolute atomic E-state index is 0. The predicted octanol–water partition coefficient (Wildman–Crippen LogP) is 4.83. The summed E-state index contributed by atoms with van der Waals surface area (Å²) >= 11 is 1.65. The van der Waals surface area contributed by atoms with Gasteiger partial charge >= 0.3 is 0 Å². The van der Waals surface area contributed by atoms with Crippen molar-refractivity contribution in [3.8, 4) is 11.1 Å². The van der Waals surface area contributed by atoms with Crippen molar-refractivity contribution in [3.63, 3.8) is 0 Å². The molecule has 1 saturated heterocycles. The van der Waals surface area contributed by atoms with E-state index in [1.54, 1.807) is 11.3 Å². The van der Waals surface area contributed by atoms with Crippen molar-refractivity contribution in [2.24, 2.45) is 5.92 Å². The number of rotatable bonds is 7. The van der Waals surface area contributed by atoms with Gasteiger partial charge in [-0.15, -0.1) is 24.4 Å². The molecule has 2 aromatic rings. The first-order chi connectivity index (χ1) is 12.5. The van der Waals surface area contributed by atoms with E-state index in [4.69, 9.17) is 0 Å². The van der Waals surface area contributed by atoms with Gasteiger partial charge in [-0.2, -0.15) is 0 Å². The molecule has 149 valence electrons. The number of benzene rings is 1. The molecule has 0 aliphatic carbocycles. The number of Topliss-reactive ketones (excluding diaryl/α,β-unsaturated/α-hetero) is 1. The summed E-state index contributed by atoms with van der Waals surface area (Å²) in [4.78, 5) is 14.3. The van der Waals surface area contributed by atoms with Crippen LogP contribution < -0.4 is 10.2 Å². The van der Waals surface area contributed by atoms with Crippen LogP contribution in [-0.2, 0) is 58.6 Å². The molecule has 1 aliphatic heterocycles. The number of thiophene rings is 1. The van der Waals surface area contributed by atoms with Gasteiger partial charge in [0.2, 0.25) is 0 Å². The molecule has 1 aromatic carbocycles. The topological polar surface area (TPSA) is 46.4 Å². The number of nitrogens with one attached hydrogen (secondary N) is 1. The molecular formula is C21H27N3OSWY-2. The van der Waals surface area contributed by atoms with E-state index in [0.29, 0.717) is 5.92 Å². The molecule has 1 N–H and O–H groups in total. The molecule has 0 bridgehead atoms. The molecule has 1 aliphatic rings. The van der Waals surface area contributed by atoms with E-state index in [0.717, 1.165) is 43.9 Å². The Morgan fingerprint density at radius 2 is 1.86 bits per heavy atom. The fourth-order valence-electron chi connectivity index (χ4n) is 3.28. The van der Waals surface area contributed by atoms with Crippen LogP contribution >= 0.6 is 11.3 Å². The molecule has 0 spiro atoms. The number of anilines is 2. The quantitative estimate of drug-likeness (QED) is 0.441. The van der Waals surface area contributed by atoms with Crippen molar-refractivity contribution in [3.05, 3.63) is 47.3 Å². The summed E-state index contributed by atoms with van der Waals surface area (Å²) in [6.45, 7) is 11.7. The van der Waals surface area contributed by atoms with Crippen molar-refractivity contribution in [1.82, 2.24) is 0 Å². The van der Waals surface area contributed by atoms with E-state index >= 15 is 0 Å². The molecule has 7 heteroatoms. The third kappa shape index (κ3) is 6.95. The summed E-state index contributed by atoms with van der Waals surface area (Å²) in [6, 6.07) is 8.45. The fourth-order valence-corrected chi connectivity index (χ4v) is 4.08. The Hall–Kier alpha value is -0.188. The minimum atomic E-state index is -0.236. The Morgan fingerprint density at radius 3 is 2.43 bits per heavy atom. The summed E-state index contributed by atoms with van der Waals surface area (Å²) in [5.74, 6) is 0.387. The molecule has 3 rings (SSSR count). The number of hydrogen-bond donors (Lipinski definition) is 1. The second-order valence-corrected chi connectivity index (χ2v) is 7.94. The SMILES string of the molecule is [CH2-]C(=O)[C@H](CC(C)C)Nc1cscc1-c1ccc(N2CC[N-]CC2)cc1.[W].[Y]. The second kappa shape index (κ2) is 12.5. The average Bonchev–Trinajstić information content (AvgIpc) is 3.10. The molecular weight excluding hydrogens is 615 g/mol. The molecule has 28 heavy (non-hydrogen) atoms. The molecule has 2 heterocycles. The van der Waals surface area contributed by atoms with Gasteiger partial charge in [0.25, 0.3) is 0 Å². The Morgan fingerprint density at radius 1 is 1.21 bits per heavy atom. The molecule has 0 amide bonds. The van der Waals surface area contributed by atoms with Gasteiger partial charge in [-0.3, -0.25) is 0 Å². The van der Waals surface area contributed by atoms with Gasteiger partial charge in [0, 0.05) is 81.6 Å². The van der Waals surface area contributed by atoms with Crippen LogP contribution in [0.4, 0.5) is 11.4 Å². The normalized spacial score (nSPS) is 14.8. The smallest absolute Gasteiger partial charge is 0.0563 e. The van der Waals surface area contributed by atoms with E-state index in [2.05, 4.69) is 71.3 Å². The Kier molecular flexibility index (Phi) is 11.5. The maximum Gasteiger partial charge on any atom is 0.0563 e. The van der Waals surface area contributed by atoms with E-state index in [1.807, 2.05) is 0 Å². The minimum Gasteiger partial charge on any atom is -0.659 e. The maximum atomic E-state index is 11.9. The fraction of sp³-hybridized carbons (Fsp3) is 0.429. The predicted molar refractivity (Wildman–Crippen MR) is 112 cm³/mol. The zero-order valence-corrected chi connectivity index (χ0v) is 23.1. The number of carbonyl (C=O) groups is 1. The van der Waals surface area contributed by atoms with E-state index in [1.165, 1.54) is 11.3 Å². The number of hydrogen-bond acceptors (Lipinski definition) is 4. The van der Waals surface area contributed by atoms with Gasteiger partial charge < -0.3 is 27.3 Å². The van der Waals surface area contributed by atoms with Crippen LogP contribution in [0.5, 0.6) is 0 Å². The van der Waals surface area contributed by atoms with Crippen molar-refractivity contribution < 1.29 is 58.6 Å². The molecule has 0 saturated carbocycles. The third-order valence-electron chi connectivity index (χ3n) is 4.69. The monoisotopic (exact) mass is 642 g/mol. The molecule has 1 aromatic heterocycles. The third-order valence-corrected chi connectivity index (χ3v) is 5.43. The second-order valence-electron chi connectivity index (χ2n) is 7.20. The first-order valence-electron chi connectivity index (χ1n) is 9.21. The van der Waals surface area contributed by atoms with Gasteiger partial charge in [-0.1, -0.05) is 26.0 Å². The van der Waals surface area contributed by atoms with Crippen LogP contribution in [0.25, 0.3) is 16.4 Å². The van der Waals surface area contributed by atoms with Crippen molar-refractivity contribution >= 4 is 28.5 Å². The van der Waals surface area contributed by atoms with Crippen LogP contribution in [0, 0.1) is 12.8 Å². The van der Waals surface area contributed by atoms with Gasteiger partial charge in [0.05, 0.1) is 11.7 Å². The van der Waals surface area contributed by atoms with Crippen molar-refractivity contribution in [1.29, 1.82) is 0 Å². The van der Waals surface area contributed by atoms with Gasteiger partial charge in [0.15, 0.2) is 0 Å². The molecule has 1 fully saturated rings. The number of nitrogens with zero attached hydrogens (tertiary/aromatic N) is 2. The number of carbonyl (C=O) groups excluding carboxylic acids is 1. The first kappa shape index (κ1) is 25.8. The van der Waals surface area contributed by atoms with Gasteiger partial charge in [0.1, 0.15) is 0 Å². The molecule has 0 unspecified atom stereocenters. The van der Waals surface area contributed by atoms with Crippen molar-refractivity contribution in [2.45, 2.75) is 26.3 Å². The maximum absolute atomic E-state index is 11.9.